The van der Waals surface area contributed by atoms with Crippen LogP contribution < -0.4 is 0 Å². The summed E-state index contributed by atoms with van der Waals surface area (Å²) < 4.78 is 37.6. The lowest BCUT2D eigenvalue weighted by Crippen LogP contribution is -2.40. The van der Waals surface area contributed by atoms with E-state index in [-0.39, 0.29) is 41.4 Å². The summed E-state index contributed by atoms with van der Waals surface area (Å²) in [4.78, 5) is 27.6. The first kappa shape index (κ1) is 26.0. The Morgan fingerprint density at radius 2 is 1.69 bits per heavy atom. The van der Waals surface area contributed by atoms with Crippen molar-refractivity contribution in [2.75, 3.05) is 46.6 Å². The molecule has 2 fully saturated rings. The summed E-state index contributed by atoms with van der Waals surface area (Å²) in [5, 5.41) is 11.2. The van der Waals surface area contributed by atoms with Gasteiger partial charge in [0.05, 0.1) is 29.7 Å². The Hall–Kier alpha value is -3.05. The number of aliphatic hydroxyl groups excluding tert-OH is 1. The average Bonchev–Trinajstić information content (AvgIpc) is 3.14. The summed E-state index contributed by atoms with van der Waals surface area (Å²) in [6, 6.07) is 12.4. The van der Waals surface area contributed by atoms with Crippen LogP contribution in [0, 0.1) is 6.92 Å². The van der Waals surface area contributed by atoms with Crippen molar-refractivity contribution in [2.45, 2.75) is 24.3 Å². The van der Waals surface area contributed by atoms with Crippen molar-refractivity contribution >= 4 is 27.5 Å². The van der Waals surface area contributed by atoms with E-state index in [1.807, 2.05) is 31.2 Å². The van der Waals surface area contributed by atoms with E-state index in [9.17, 15) is 23.1 Å². The zero-order chi connectivity index (χ0) is 25.9. The molecule has 1 amide bonds. The smallest absolute Gasteiger partial charge is 0.295 e. The minimum atomic E-state index is -3.71. The van der Waals surface area contributed by atoms with Crippen molar-refractivity contribution in [3.8, 4) is 0 Å². The monoisotopic (exact) mass is 514 g/mol. The summed E-state index contributed by atoms with van der Waals surface area (Å²) in [6.45, 7) is 3.85. The second kappa shape index (κ2) is 10.9. The lowest BCUT2D eigenvalue weighted by molar-refractivity contribution is -0.140. The van der Waals surface area contributed by atoms with Crippen molar-refractivity contribution in [2.24, 2.45) is 0 Å². The van der Waals surface area contributed by atoms with Gasteiger partial charge in [-0.05, 0) is 43.2 Å². The van der Waals surface area contributed by atoms with Crippen LogP contribution in [0.4, 0.5) is 0 Å². The van der Waals surface area contributed by atoms with E-state index in [4.69, 9.17) is 9.47 Å². The van der Waals surface area contributed by atoms with Crippen molar-refractivity contribution in [3.63, 3.8) is 0 Å². The third-order valence-corrected chi connectivity index (χ3v) is 8.33. The number of hydrogen-bond acceptors (Lipinski definition) is 7. The fraction of sp³-hybridized carbons (Fsp3) is 0.385. The highest BCUT2D eigenvalue weighted by atomic mass is 32.2. The largest absolute Gasteiger partial charge is 0.507 e. The molecule has 2 aromatic rings. The Labute approximate surface area is 211 Å². The first-order chi connectivity index (χ1) is 17.3. The van der Waals surface area contributed by atoms with Crippen LogP contribution in [0.3, 0.4) is 0 Å². The number of carbonyl (C=O) groups is 2. The molecule has 0 radical (unpaired) electrons. The molecule has 2 heterocycles. The van der Waals surface area contributed by atoms with Crippen LogP contribution >= 0.6 is 0 Å². The molecule has 2 aliphatic heterocycles. The van der Waals surface area contributed by atoms with E-state index >= 15 is 0 Å². The first-order valence-electron chi connectivity index (χ1n) is 11.8. The van der Waals surface area contributed by atoms with Crippen LogP contribution in [0.1, 0.15) is 29.2 Å². The molecule has 0 aromatic heterocycles. The first-order valence-corrected chi connectivity index (χ1v) is 13.2. The number of morpholine rings is 1. The third-order valence-electron chi connectivity index (χ3n) is 6.42. The lowest BCUT2D eigenvalue weighted by atomic mass is 9.94. The van der Waals surface area contributed by atoms with Gasteiger partial charge in [0, 0.05) is 38.9 Å². The topological polar surface area (TPSA) is 113 Å². The molecule has 0 bridgehead atoms. The van der Waals surface area contributed by atoms with Crippen LogP contribution in [0.2, 0.25) is 0 Å². The summed E-state index contributed by atoms with van der Waals surface area (Å²) in [5.41, 5.74) is 1.95. The Morgan fingerprint density at radius 3 is 2.31 bits per heavy atom. The number of hydrogen-bond donors (Lipinski definition) is 1. The molecule has 2 aromatic carbocycles. The molecule has 10 heteroatoms. The van der Waals surface area contributed by atoms with Crippen LogP contribution in [0.25, 0.3) is 5.76 Å². The average molecular weight is 515 g/mol. The molecule has 36 heavy (non-hydrogen) atoms. The van der Waals surface area contributed by atoms with Gasteiger partial charge < -0.3 is 19.5 Å². The predicted octanol–water partition coefficient (Wildman–Crippen LogP) is 2.47. The van der Waals surface area contributed by atoms with E-state index in [1.165, 1.54) is 33.5 Å². The number of likely N-dealkylation sites (tertiary alicyclic amines) is 1. The Morgan fingerprint density at radius 1 is 1.06 bits per heavy atom. The van der Waals surface area contributed by atoms with Gasteiger partial charge in [-0.1, -0.05) is 29.8 Å². The standard InChI is InChI=1S/C26H30N2O7S/c1-18-4-6-19(7-5-18)23-22(25(30)26(31)28(23)12-3-15-34-2)24(29)20-8-10-21(11-9-20)36(32,33)27-13-16-35-17-14-27/h4-11,23,29H,3,12-17H2,1-2H3/b24-22+. The zero-order valence-corrected chi connectivity index (χ0v) is 21.2. The van der Waals surface area contributed by atoms with Crippen molar-refractivity contribution < 1.29 is 32.6 Å². The summed E-state index contributed by atoms with van der Waals surface area (Å²) in [7, 11) is -2.14. The number of sulfonamides is 1. The Bertz CT molecular complexity index is 1250. The number of methoxy groups -OCH3 is 1. The molecule has 0 saturated carbocycles. The van der Waals surface area contributed by atoms with E-state index in [0.717, 1.165) is 5.56 Å². The van der Waals surface area contributed by atoms with Gasteiger partial charge in [0.25, 0.3) is 11.7 Å². The van der Waals surface area contributed by atoms with Gasteiger partial charge in [-0.3, -0.25) is 9.59 Å². The van der Waals surface area contributed by atoms with Crippen LogP contribution in [0.15, 0.2) is 59.0 Å². The number of rotatable bonds is 8. The quantitative estimate of drug-likeness (QED) is 0.249. The number of Topliss-reactive ketones (excluding diaryl/α,β-unsaturated/α-hetero) is 1. The van der Waals surface area contributed by atoms with Crippen molar-refractivity contribution in [1.29, 1.82) is 0 Å². The van der Waals surface area contributed by atoms with Gasteiger partial charge in [-0.15, -0.1) is 0 Å². The number of amides is 1. The molecule has 0 aliphatic carbocycles. The number of nitrogens with zero attached hydrogens (tertiary/aromatic N) is 2. The molecule has 9 nitrogen and oxygen atoms in total. The fourth-order valence-electron chi connectivity index (χ4n) is 4.46. The lowest BCUT2D eigenvalue weighted by Gasteiger charge is -2.26. The second-order valence-corrected chi connectivity index (χ2v) is 10.7. The van der Waals surface area contributed by atoms with E-state index in [0.29, 0.717) is 31.8 Å². The molecule has 0 spiro atoms. The van der Waals surface area contributed by atoms with Gasteiger partial charge in [0.2, 0.25) is 10.0 Å². The maximum atomic E-state index is 13.1. The van der Waals surface area contributed by atoms with Crippen LogP contribution in [-0.4, -0.2) is 81.0 Å². The van der Waals surface area contributed by atoms with Crippen molar-refractivity contribution in [3.05, 3.63) is 70.8 Å². The van der Waals surface area contributed by atoms with Gasteiger partial charge in [0.15, 0.2) is 0 Å². The maximum absolute atomic E-state index is 13.1. The second-order valence-electron chi connectivity index (χ2n) is 8.79. The van der Waals surface area contributed by atoms with Gasteiger partial charge in [-0.2, -0.15) is 4.31 Å². The van der Waals surface area contributed by atoms with E-state index in [2.05, 4.69) is 0 Å². The molecule has 4 rings (SSSR count). The summed E-state index contributed by atoms with van der Waals surface area (Å²) >= 11 is 0. The Balaban J connectivity index is 1.71. The normalized spacial score (nSPS) is 20.7. The maximum Gasteiger partial charge on any atom is 0.295 e. The molecule has 2 aliphatic rings. The Kier molecular flexibility index (Phi) is 7.89. The van der Waals surface area contributed by atoms with Gasteiger partial charge in [0.1, 0.15) is 5.76 Å². The molecule has 2 saturated heterocycles. The summed E-state index contributed by atoms with van der Waals surface area (Å²) in [6.07, 6.45) is 0.528. The number of carbonyl (C=O) groups excluding carboxylic acids is 2. The number of aliphatic hydroxyl groups is 1. The molecule has 1 atom stereocenters. The highest BCUT2D eigenvalue weighted by Gasteiger charge is 2.45. The highest BCUT2D eigenvalue weighted by molar-refractivity contribution is 7.89. The predicted molar refractivity (Wildman–Crippen MR) is 133 cm³/mol. The fourth-order valence-corrected chi connectivity index (χ4v) is 5.87. The molecule has 1 N–H and O–H groups in total. The third kappa shape index (κ3) is 5.08. The van der Waals surface area contributed by atoms with E-state index in [1.54, 1.807) is 7.11 Å². The number of ether oxygens (including phenoxy) is 2. The minimum Gasteiger partial charge on any atom is -0.507 e. The van der Waals surface area contributed by atoms with Gasteiger partial charge in [-0.25, -0.2) is 8.42 Å². The van der Waals surface area contributed by atoms with Gasteiger partial charge >= 0.3 is 0 Å². The SMILES string of the molecule is COCCCN1C(=O)C(=O)/C(=C(/O)c2ccc(S(=O)(=O)N3CCOCC3)cc2)C1c1ccc(C)cc1. The van der Waals surface area contributed by atoms with E-state index < -0.39 is 27.8 Å². The zero-order valence-electron chi connectivity index (χ0n) is 20.3. The molecule has 192 valence electrons. The van der Waals surface area contributed by atoms with Crippen molar-refractivity contribution in [1.82, 2.24) is 9.21 Å². The summed E-state index contributed by atoms with van der Waals surface area (Å²) in [5.74, 6) is -1.81. The molecular weight excluding hydrogens is 484 g/mol. The molecular formula is C26H30N2O7S. The molecule has 1 unspecified atom stereocenters. The van der Waals surface area contributed by atoms with Crippen LogP contribution in [-0.2, 0) is 29.1 Å². The highest BCUT2D eigenvalue weighted by Crippen LogP contribution is 2.39. The number of aryl methyl sites for hydroxylation is 1. The van der Waals surface area contributed by atoms with Crippen LogP contribution in [0.5, 0.6) is 0 Å². The number of ketones is 1. The minimum absolute atomic E-state index is 0.0231. The number of benzene rings is 2.